The van der Waals surface area contributed by atoms with Crippen LogP contribution in [0.25, 0.3) is 11.0 Å². The van der Waals surface area contributed by atoms with E-state index in [2.05, 4.69) is 24.4 Å². The molecule has 1 unspecified atom stereocenters. The van der Waals surface area contributed by atoms with Crippen molar-refractivity contribution in [1.82, 2.24) is 5.32 Å². The minimum atomic E-state index is -0.311. The van der Waals surface area contributed by atoms with Crippen LogP contribution in [0.15, 0.2) is 59.0 Å². The van der Waals surface area contributed by atoms with Crippen molar-refractivity contribution in [2.75, 3.05) is 6.54 Å². The summed E-state index contributed by atoms with van der Waals surface area (Å²) >= 11 is 0. The molecule has 2 aromatic carbocycles. The van der Waals surface area contributed by atoms with Crippen molar-refractivity contribution in [2.45, 2.75) is 19.4 Å². The molecule has 2 nitrogen and oxygen atoms in total. The van der Waals surface area contributed by atoms with Crippen LogP contribution in [0.4, 0.5) is 4.39 Å². The van der Waals surface area contributed by atoms with E-state index in [4.69, 9.17) is 4.42 Å². The molecule has 0 aliphatic rings. The van der Waals surface area contributed by atoms with Gasteiger partial charge in [-0.1, -0.05) is 49.4 Å². The molecule has 108 valence electrons. The summed E-state index contributed by atoms with van der Waals surface area (Å²) in [6, 6.07) is 17.2. The number of likely N-dealkylation sites (N-methyl/N-ethyl adjacent to an activating group) is 1. The highest BCUT2D eigenvalue weighted by atomic mass is 19.1. The van der Waals surface area contributed by atoms with Gasteiger partial charge in [0.05, 0.1) is 6.04 Å². The van der Waals surface area contributed by atoms with Gasteiger partial charge in [0.2, 0.25) is 0 Å². The summed E-state index contributed by atoms with van der Waals surface area (Å²) in [5, 5.41) is 4.22. The Morgan fingerprint density at radius 1 is 1.10 bits per heavy atom. The summed E-state index contributed by atoms with van der Waals surface area (Å²) in [5.74, 6) is 0.467. The first-order valence-electron chi connectivity index (χ1n) is 7.23. The van der Waals surface area contributed by atoms with E-state index >= 15 is 0 Å². The van der Waals surface area contributed by atoms with Crippen LogP contribution in [0.5, 0.6) is 0 Å². The normalized spacial score (nSPS) is 12.7. The molecule has 3 aromatic rings. The van der Waals surface area contributed by atoms with E-state index in [1.807, 2.05) is 30.3 Å². The zero-order chi connectivity index (χ0) is 14.7. The average Bonchev–Trinajstić information content (AvgIpc) is 2.93. The third-order valence-electron chi connectivity index (χ3n) is 3.59. The largest absolute Gasteiger partial charge is 0.456 e. The fraction of sp³-hybridized carbons (Fsp3) is 0.222. The first kappa shape index (κ1) is 13.8. The molecule has 21 heavy (non-hydrogen) atoms. The number of halogens is 1. The van der Waals surface area contributed by atoms with Gasteiger partial charge in [0.15, 0.2) is 11.4 Å². The van der Waals surface area contributed by atoms with Gasteiger partial charge in [0.1, 0.15) is 5.76 Å². The van der Waals surface area contributed by atoms with Crippen LogP contribution in [-0.2, 0) is 6.42 Å². The number of rotatable bonds is 5. The molecule has 0 aliphatic carbocycles. The highest BCUT2D eigenvalue weighted by Crippen LogP contribution is 2.27. The topological polar surface area (TPSA) is 25.2 Å². The number of nitrogens with one attached hydrogen (secondary N) is 1. The Labute approximate surface area is 123 Å². The fourth-order valence-electron chi connectivity index (χ4n) is 2.59. The van der Waals surface area contributed by atoms with Gasteiger partial charge in [-0.15, -0.1) is 0 Å². The van der Waals surface area contributed by atoms with Crippen LogP contribution >= 0.6 is 0 Å². The maximum Gasteiger partial charge on any atom is 0.169 e. The number of para-hydroxylation sites is 1. The molecule has 0 amide bonds. The zero-order valence-corrected chi connectivity index (χ0v) is 12.0. The quantitative estimate of drug-likeness (QED) is 0.747. The molecular formula is C18H18FNO. The van der Waals surface area contributed by atoms with Gasteiger partial charge in [-0.25, -0.2) is 4.39 Å². The molecule has 1 heterocycles. The highest BCUT2D eigenvalue weighted by Gasteiger charge is 2.17. The molecule has 3 rings (SSSR count). The van der Waals surface area contributed by atoms with Gasteiger partial charge in [-0.3, -0.25) is 0 Å². The van der Waals surface area contributed by atoms with Gasteiger partial charge in [0.25, 0.3) is 0 Å². The van der Waals surface area contributed by atoms with Crippen LogP contribution in [0.2, 0.25) is 0 Å². The third kappa shape index (κ3) is 2.98. The molecule has 0 saturated carbocycles. The van der Waals surface area contributed by atoms with E-state index in [0.717, 1.165) is 24.1 Å². The molecule has 0 bridgehead atoms. The van der Waals surface area contributed by atoms with Crippen LogP contribution in [0.1, 0.15) is 24.3 Å². The molecule has 0 aliphatic heterocycles. The van der Waals surface area contributed by atoms with Crippen molar-refractivity contribution in [3.05, 3.63) is 71.7 Å². The Hall–Kier alpha value is -2.13. The summed E-state index contributed by atoms with van der Waals surface area (Å²) in [6.45, 7) is 2.89. The van der Waals surface area contributed by atoms with Crippen LogP contribution < -0.4 is 5.32 Å². The smallest absolute Gasteiger partial charge is 0.169 e. The average molecular weight is 283 g/mol. The standard InChI is InChI=1S/C18H18FNO/c1-2-20-16(11-13-7-4-3-5-8-13)17-12-14-9-6-10-15(19)18(14)21-17/h3-10,12,16,20H,2,11H2,1H3. The highest BCUT2D eigenvalue weighted by molar-refractivity contribution is 5.78. The first-order valence-corrected chi connectivity index (χ1v) is 7.23. The van der Waals surface area contributed by atoms with Gasteiger partial charge in [0, 0.05) is 5.39 Å². The predicted molar refractivity (Wildman–Crippen MR) is 82.7 cm³/mol. The SMILES string of the molecule is CCNC(Cc1ccccc1)c1cc2cccc(F)c2o1. The minimum Gasteiger partial charge on any atom is -0.456 e. The van der Waals surface area contributed by atoms with Crippen molar-refractivity contribution in [3.8, 4) is 0 Å². The number of hydrogen-bond acceptors (Lipinski definition) is 2. The molecule has 0 radical (unpaired) electrons. The van der Waals surface area contributed by atoms with E-state index in [1.165, 1.54) is 11.6 Å². The molecule has 3 heteroatoms. The van der Waals surface area contributed by atoms with Crippen LogP contribution in [0, 0.1) is 5.82 Å². The van der Waals surface area contributed by atoms with Gasteiger partial charge < -0.3 is 9.73 Å². The van der Waals surface area contributed by atoms with E-state index in [-0.39, 0.29) is 11.9 Å². The Bertz CT molecular complexity index is 720. The van der Waals surface area contributed by atoms with Crippen LogP contribution in [-0.4, -0.2) is 6.54 Å². The summed E-state index contributed by atoms with van der Waals surface area (Å²) in [4.78, 5) is 0. The lowest BCUT2D eigenvalue weighted by atomic mass is 10.0. The lowest BCUT2D eigenvalue weighted by molar-refractivity contribution is 0.428. The number of furan rings is 1. The van der Waals surface area contributed by atoms with Crippen molar-refractivity contribution < 1.29 is 8.81 Å². The van der Waals surface area contributed by atoms with Crippen molar-refractivity contribution in [3.63, 3.8) is 0 Å². The molecular weight excluding hydrogens is 265 g/mol. The minimum absolute atomic E-state index is 0.0456. The van der Waals surface area contributed by atoms with Gasteiger partial charge in [-0.2, -0.15) is 0 Å². The van der Waals surface area contributed by atoms with Crippen molar-refractivity contribution in [1.29, 1.82) is 0 Å². The van der Waals surface area contributed by atoms with Crippen LogP contribution in [0.3, 0.4) is 0 Å². The molecule has 0 saturated heterocycles. The number of hydrogen-bond donors (Lipinski definition) is 1. The van der Waals surface area contributed by atoms with Crippen molar-refractivity contribution in [2.24, 2.45) is 0 Å². The van der Waals surface area contributed by atoms with E-state index in [0.29, 0.717) is 5.58 Å². The lowest BCUT2D eigenvalue weighted by Crippen LogP contribution is -2.22. The van der Waals surface area contributed by atoms with Crippen molar-refractivity contribution >= 4 is 11.0 Å². The Balaban J connectivity index is 1.93. The monoisotopic (exact) mass is 283 g/mol. The lowest BCUT2D eigenvalue weighted by Gasteiger charge is -2.15. The Kier molecular flexibility index (Phi) is 4.02. The second-order valence-electron chi connectivity index (χ2n) is 5.11. The summed E-state index contributed by atoms with van der Waals surface area (Å²) in [6.07, 6.45) is 0.816. The zero-order valence-electron chi connectivity index (χ0n) is 12.0. The Morgan fingerprint density at radius 2 is 1.90 bits per heavy atom. The molecule has 0 spiro atoms. The maximum absolute atomic E-state index is 13.8. The third-order valence-corrected chi connectivity index (χ3v) is 3.59. The second-order valence-corrected chi connectivity index (χ2v) is 5.11. The molecule has 1 atom stereocenters. The number of fused-ring (bicyclic) bond motifs is 1. The molecule has 0 fully saturated rings. The van der Waals surface area contributed by atoms with Gasteiger partial charge in [-0.05, 0) is 30.7 Å². The second kappa shape index (κ2) is 6.10. The summed E-state index contributed by atoms with van der Waals surface area (Å²) in [5.41, 5.74) is 1.56. The Morgan fingerprint density at radius 3 is 2.62 bits per heavy atom. The predicted octanol–water partition coefficient (Wildman–Crippen LogP) is 4.47. The number of benzene rings is 2. The van der Waals surface area contributed by atoms with E-state index < -0.39 is 0 Å². The van der Waals surface area contributed by atoms with Gasteiger partial charge >= 0.3 is 0 Å². The first-order chi connectivity index (χ1) is 10.3. The summed E-state index contributed by atoms with van der Waals surface area (Å²) < 4.78 is 19.5. The maximum atomic E-state index is 13.8. The van der Waals surface area contributed by atoms with E-state index in [9.17, 15) is 4.39 Å². The fourth-order valence-corrected chi connectivity index (χ4v) is 2.59. The van der Waals surface area contributed by atoms with E-state index in [1.54, 1.807) is 6.07 Å². The summed E-state index contributed by atoms with van der Waals surface area (Å²) in [7, 11) is 0. The molecule has 1 N–H and O–H groups in total. The molecule has 1 aromatic heterocycles.